The standard InChI is InChI=1S/C26H41N5O2S/c1-4-29(5-2)11-6-10-27-26(34)31(13-7-12-30-14-16-33-17-15-30)20-23-19-22-18-21(3)8-9-24(22)28-25(23)32/h8-9,18-19H,4-7,10-17,20H2,1-3H3,(H,27,34)(H,28,32). The van der Waals surface area contributed by atoms with Crippen LogP contribution in [0, 0.1) is 6.92 Å². The van der Waals surface area contributed by atoms with E-state index in [0.717, 1.165) is 100.0 Å². The summed E-state index contributed by atoms with van der Waals surface area (Å²) >= 11 is 5.80. The summed E-state index contributed by atoms with van der Waals surface area (Å²) in [6.45, 7) is 16.4. The van der Waals surface area contributed by atoms with Crippen molar-refractivity contribution in [2.24, 2.45) is 0 Å². The number of fused-ring (bicyclic) bond motifs is 1. The lowest BCUT2D eigenvalue weighted by Gasteiger charge is -2.29. The van der Waals surface area contributed by atoms with Gasteiger partial charge >= 0.3 is 0 Å². The van der Waals surface area contributed by atoms with Crippen molar-refractivity contribution in [3.8, 4) is 0 Å². The summed E-state index contributed by atoms with van der Waals surface area (Å²) in [7, 11) is 0. The fraction of sp³-hybridized carbons (Fsp3) is 0.615. The van der Waals surface area contributed by atoms with Gasteiger partial charge in [0.2, 0.25) is 0 Å². The summed E-state index contributed by atoms with van der Waals surface area (Å²) < 4.78 is 5.46. The van der Waals surface area contributed by atoms with Crippen molar-refractivity contribution >= 4 is 28.2 Å². The molecule has 3 rings (SSSR count). The Bertz CT molecular complexity index is 969. The van der Waals surface area contributed by atoms with E-state index in [9.17, 15) is 4.79 Å². The number of aryl methyl sites for hydroxylation is 1. The maximum Gasteiger partial charge on any atom is 0.253 e. The largest absolute Gasteiger partial charge is 0.379 e. The lowest BCUT2D eigenvalue weighted by atomic mass is 10.1. The third-order valence-corrected chi connectivity index (χ3v) is 6.96. The molecular formula is C26H41N5O2S. The van der Waals surface area contributed by atoms with Crippen LogP contribution in [-0.2, 0) is 11.3 Å². The SMILES string of the molecule is CCN(CC)CCCNC(=S)N(CCCN1CCOCC1)Cc1cc2cc(C)ccc2[nH]c1=O. The third-order valence-electron chi connectivity index (χ3n) is 6.55. The van der Waals surface area contributed by atoms with E-state index in [0.29, 0.717) is 6.54 Å². The van der Waals surface area contributed by atoms with E-state index in [4.69, 9.17) is 17.0 Å². The van der Waals surface area contributed by atoms with Gasteiger partial charge in [0, 0.05) is 43.8 Å². The summed E-state index contributed by atoms with van der Waals surface area (Å²) in [6.07, 6.45) is 2.03. The molecule has 1 aromatic heterocycles. The second-order valence-corrected chi connectivity index (χ2v) is 9.44. The number of ether oxygens (including phenoxy) is 1. The molecule has 0 bridgehead atoms. The highest BCUT2D eigenvalue weighted by molar-refractivity contribution is 7.80. The highest BCUT2D eigenvalue weighted by atomic mass is 32.1. The van der Waals surface area contributed by atoms with Crippen LogP contribution in [0.5, 0.6) is 0 Å². The first-order chi connectivity index (χ1) is 16.5. The predicted molar refractivity (Wildman–Crippen MR) is 145 cm³/mol. The van der Waals surface area contributed by atoms with Gasteiger partial charge in [-0.05, 0) is 75.2 Å². The normalized spacial score (nSPS) is 14.6. The fourth-order valence-corrected chi connectivity index (χ4v) is 4.66. The van der Waals surface area contributed by atoms with E-state index in [1.165, 1.54) is 5.56 Å². The Hall–Kier alpha value is -2.00. The smallest absolute Gasteiger partial charge is 0.253 e. The first-order valence-electron chi connectivity index (χ1n) is 12.7. The van der Waals surface area contributed by atoms with Crippen molar-refractivity contribution < 1.29 is 4.74 Å². The van der Waals surface area contributed by atoms with Gasteiger partial charge in [0.1, 0.15) is 0 Å². The van der Waals surface area contributed by atoms with Crippen molar-refractivity contribution in [1.29, 1.82) is 0 Å². The number of rotatable bonds is 12. The van der Waals surface area contributed by atoms with Crippen LogP contribution in [0.2, 0.25) is 0 Å². The summed E-state index contributed by atoms with van der Waals surface area (Å²) in [5.41, 5.74) is 2.75. The van der Waals surface area contributed by atoms with Crippen molar-refractivity contribution in [3.05, 3.63) is 45.7 Å². The first-order valence-corrected chi connectivity index (χ1v) is 13.1. The quantitative estimate of drug-likeness (QED) is 0.353. The molecule has 2 aromatic rings. The number of thiocarbonyl (C=S) groups is 1. The number of nitrogens with zero attached hydrogens (tertiary/aromatic N) is 3. The van der Waals surface area contributed by atoms with Crippen LogP contribution in [0.3, 0.4) is 0 Å². The molecule has 1 saturated heterocycles. The number of H-pyrrole nitrogens is 1. The Labute approximate surface area is 209 Å². The molecule has 0 atom stereocenters. The Morgan fingerprint density at radius 2 is 1.91 bits per heavy atom. The first kappa shape index (κ1) is 26.6. The number of hydrogen-bond acceptors (Lipinski definition) is 5. The topological polar surface area (TPSA) is 63.8 Å². The second kappa shape index (κ2) is 13.8. The zero-order valence-electron chi connectivity index (χ0n) is 21.1. The molecule has 0 spiro atoms. The number of aromatic nitrogens is 1. The summed E-state index contributed by atoms with van der Waals surface area (Å²) in [5, 5.41) is 5.23. The lowest BCUT2D eigenvalue weighted by Crippen LogP contribution is -2.43. The van der Waals surface area contributed by atoms with Crippen molar-refractivity contribution in [2.45, 2.75) is 40.2 Å². The molecule has 8 heteroatoms. The van der Waals surface area contributed by atoms with Gasteiger partial charge in [0.15, 0.2) is 5.11 Å². The number of hydrogen-bond donors (Lipinski definition) is 2. The number of nitrogens with one attached hydrogen (secondary N) is 2. The third kappa shape index (κ3) is 8.05. The van der Waals surface area contributed by atoms with E-state index in [1.807, 2.05) is 18.2 Å². The Balaban J connectivity index is 1.65. The molecule has 1 aliphatic rings. The van der Waals surface area contributed by atoms with Crippen molar-refractivity contribution in [2.75, 3.05) is 65.6 Å². The monoisotopic (exact) mass is 487 g/mol. The highest BCUT2D eigenvalue weighted by Crippen LogP contribution is 2.14. The summed E-state index contributed by atoms with van der Waals surface area (Å²) in [6, 6.07) is 8.12. The van der Waals surface area contributed by atoms with E-state index in [1.54, 1.807) is 0 Å². The van der Waals surface area contributed by atoms with Crippen LogP contribution < -0.4 is 10.9 Å². The molecule has 1 aromatic carbocycles. The van der Waals surface area contributed by atoms with Gasteiger partial charge in [0.25, 0.3) is 5.56 Å². The molecule has 1 fully saturated rings. The molecule has 1 aliphatic heterocycles. The molecule has 2 N–H and O–H groups in total. The Kier molecular flexibility index (Phi) is 10.8. The number of pyridine rings is 1. The maximum atomic E-state index is 12.8. The van der Waals surface area contributed by atoms with Crippen LogP contribution in [0.15, 0.2) is 29.1 Å². The van der Waals surface area contributed by atoms with Gasteiger partial charge in [-0.1, -0.05) is 25.5 Å². The summed E-state index contributed by atoms with van der Waals surface area (Å²) in [4.78, 5) is 22.9. The van der Waals surface area contributed by atoms with Crippen LogP contribution in [-0.4, -0.2) is 90.4 Å². The molecule has 2 heterocycles. The Morgan fingerprint density at radius 1 is 1.15 bits per heavy atom. The lowest BCUT2D eigenvalue weighted by molar-refractivity contribution is 0.0367. The molecule has 188 valence electrons. The molecule has 7 nitrogen and oxygen atoms in total. The molecule has 0 aliphatic carbocycles. The van der Waals surface area contributed by atoms with E-state index >= 15 is 0 Å². The van der Waals surface area contributed by atoms with Gasteiger partial charge in [-0.3, -0.25) is 9.69 Å². The predicted octanol–water partition coefficient (Wildman–Crippen LogP) is 2.97. The van der Waals surface area contributed by atoms with E-state index < -0.39 is 0 Å². The van der Waals surface area contributed by atoms with E-state index in [-0.39, 0.29) is 5.56 Å². The average molecular weight is 488 g/mol. The van der Waals surface area contributed by atoms with Gasteiger partial charge < -0.3 is 24.8 Å². The van der Waals surface area contributed by atoms with Gasteiger partial charge in [-0.15, -0.1) is 0 Å². The van der Waals surface area contributed by atoms with E-state index in [2.05, 4.69) is 51.8 Å². The van der Waals surface area contributed by atoms with Gasteiger partial charge in [-0.2, -0.15) is 0 Å². The highest BCUT2D eigenvalue weighted by Gasteiger charge is 2.15. The van der Waals surface area contributed by atoms with Crippen molar-refractivity contribution in [1.82, 2.24) is 25.0 Å². The Morgan fingerprint density at radius 3 is 2.65 bits per heavy atom. The molecule has 0 unspecified atom stereocenters. The molecule has 34 heavy (non-hydrogen) atoms. The number of aromatic amines is 1. The van der Waals surface area contributed by atoms with Crippen LogP contribution in [0.1, 0.15) is 37.8 Å². The number of benzene rings is 1. The van der Waals surface area contributed by atoms with Crippen molar-refractivity contribution in [3.63, 3.8) is 0 Å². The second-order valence-electron chi connectivity index (χ2n) is 9.06. The minimum absolute atomic E-state index is 0.0427. The van der Waals surface area contributed by atoms with Crippen LogP contribution in [0.4, 0.5) is 0 Å². The zero-order chi connectivity index (χ0) is 24.3. The minimum atomic E-state index is -0.0427. The number of morpholine rings is 1. The van der Waals surface area contributed by atoms with Crippen LogP contribution in [0.25, 0.3) is 10.9 Å². The van der Waals surface area contributed by atoms with Gasteiger partial charge in [0.05, 0.1) is 19.8 Å². The minimum Gasteiger partial charge on any atom is -0.379 e. The van der Waals surface area contributed by atoms with Crippen LogP contribution >= 0.6 is 12.2 Å². The molecule has 0 amide bonds. The average Bonchev–Trinajstić information content (AvgIpc) is 2.84. The van der Waals surface area contributed by atoms with Gasteiger partial charge in [-0.25, -0.2) is 0 Å². The molecule has 0 saturated carbocycles. The molecule has 0 radical (unpaired) electrons. The fourth-order valence-electron chi connectivity index (χ4n) is 4.41. The summed E-state index contributed by atoms with van der Waals surface area (Å²) in [5.74, 6) is 0. The zero-order valence-corrected chi connectivity index (χ0v) is 21.9. The molecular weight excluding hydrogens is 446 g/mol. The maximum absolute atomic E-state index is 12.8.